The number of carbonyl (C=O) groups is 1. The van der Waals surface area contributed by atoms with E-state index in [1.54, 1.807) is 29.2 Å². The molecule has 1 amide bonds. The van der Waals surface area contributed by atoms with E-state index in [2.05, 4.69) is 11.9 Å². The van der Waals surface area contributed by atoms with Gasteiger partial charge < -0.3 is 10.0 Å². The smallest absolute Gasteiger partial charge is 0.262 e. The molecule has 1 atom stereocenters. The van der Waals surface area contributed by atoms with Crippen molar-refractivity contribution in [2.75, 3.05) is 13.1 Å². The Morgan fingerprint density at radius 1 is 1.13 bits per heavy atom. The van der Waals surface area contributed by atoms with E-state index in [1.807, 2.05) is 30.3 Å². The van der Waals surface area contributed by atoms with Crippen molar-refractivity contribution in [1.82, 2.24) is 14.5 Å². The number of nitrogens with zero attached hydrogens (tertiary/aromatic N) is 3. The zero-order chi connectivity index (χ0) is 22.0. The summed E-state index contributed by atoms with van der Waals surface area (Å²) in [5, 5.41) is 11.7. The molecule has 0 bridgehead atoms. The molecular weight excluding hydrogens is 414 g/mol. The van der Waals surface area contributed by atoms with Gasteiger partial charge in [-0.1, -0.05) is 49.4 Å². The van der Waals surface area contributed by atoms with Crippen molar-refractivity contribution in [3.8, 4) is 0 Å². The van der Waals surface area contributed by atoms with E-state index in [0.717, 1.165) is 5.56 Å². The number of amides is 1. The molecule has 3 aromatic rings. The molecule has 0 spiro atoms. The number of rotatable bonds is 5. The first-order valence-electron chi connectivity index (χ1n) is 10.6. The van der Waals surface area contributed by atoms with Crippen molar-refractivity contribution in [2.45, 2.75) is 44.2 Å². The number of hydrogen-bond acceptors (Lipinski definition) is 4. The average molecular weight is 440 g/mol. The molecule has 1 unspecified atom stereocenters. The van der Waals surface area contributed by atoms with Gasteiger partial charge in [0.15, 0.2) is 0 Å². The first-order valence-corrected chi connectivity index (χ1v) is 10.9. The van der Waals surface area contributed by atoms with Crippen molar-refractivity contribution in [1.29, 1.82) is 0 Å². The fraction of sp³-hybridized carbons (Fsp3) is 0.375. The van der Waals surface area contributed by atoms with Gasteiger partial charge in [-0.25, -0.2) is 4.98 Å². The van der Waals surface area contributed by atoms with E-state index in [0.29, 0.717) is 43.3 Å². The molecule has 162 valence electrons. The van der Waals surface area contributed by atoms with Gasteiger partial charge in [0.2, 0.25) is 11.2 Å². The largest absolute Gasteiger partial charge is 0.388 e. The molecule has 1 aliphatic rings. The summed E-state index contributed by atoms with van der Waals surface area (Å²) in [5.41, 5.74) is 0.300. The molecule has 2 aromatic carbocycles. The van der Waals surface area contributed by atoms with E-state index < -0.39 is 5.60 Å². The Morgan fingerprint density at radius 3 is 2.48 bits per heavy atom. The summed E-state index contributed by atoms with van der Waals surface area (Å²) in [6, 6.07) is 17.0. The highest BCUT2D eigenvalue weighted by Gasteiger charge is 2.35. The molecule has 1 aliphatic heterocycles. The molecule has 1 N–H and O–H groups in total. The average Bonchev–Trinajstić information content (AvgIpc) is 2.77. The molecular formula is C24H26ClN3O3. The Bertz CT molecular complexity index is 1140. The standard InChI is InChI=1S/C24H26ClN3O3/c1-17(18-7-3-2-4-8-18)15-21(29)27-13-11-24(31,12-14-27)16-28-22(30)19-9-5-6-10-20(19)26-23(28)25/h2-10,17,31H,11-16H2,1H3. The SMILES string of the molecule is CC(CC(=O)N1CCC(O)(Cn2c(Cl)nc3ccccc3c2=O)CC1)c1ccccc1. The minimum absolute atomic E-state index is 0.0605. The first kappa shape index (κ1) is 21.5. The molecule has 1 saturated heterocycles. The Kier molecular flexibility index (Phi) is 6.12. The van der Waals surface area contributed by atoms with E-state index in [1.165, 1.54) is 4.57 Å². The van der Waals surface area contributed by atoms with Crippen molar-refractivity contribution in [2.24, 2.45) is 0 Å². The lowest BCUT2D eigenvalue weighted by molar-refractivity contribution is -0.136. The summed E-state index contributed by atoms with van der Waals surface area (Å²) in [6.45, 7) is 3.01. The maximum Gasteiger partial charge on any atom is 0.262 e. The van der Waals surface area contributed by atoms with Gasteiger partial charge in [0, 0.05) is 19.5 Å². The summed E-state index contributed by atoms with van der Waals surface area (Å²) >= 11 is 6.26. The van der Waals surface area contributed by atoms with Crippen LogP contribution < -0.4 is 5.56 Å². The van der Waals surface area contributed by atoms with Crippen LogP contribution in [0.3, 0.4) is 0 Å². The number of aliphatic hydroxyl groups is 1. The van der Waals surface area contributed by atoms with Gasteiger partial charge in [-0.15, -0.1) is 0 Å². The van der Waals surface area contributed by atoms with Crippen LogP contribution in [0.2, 0.25) is 5.28 Å². The van der Waals surface area contributed by atoms with Crippen LogP contribution in [-0.4, -0.2) is 44.2 Å². The molecule has 31 heavy (non-hydrogen) atoms. The number of hydrogen-bond donors (Lipinski definition) is 1. The van der Waals surface area contributed by atoms with E-state index in [9.17, 15) is 14.7 Å². The monoisotopic (exact) mass is 439 g/mol. The predicted octanol–water partition coefficient (Wildman–Crippen LogP) is 3.60. The normalized spacial score (nSPS) is 16.9. The highest BCUT2D eigenvalue weighted by Crippen LogP contribution is 2.27. The van der Waals surface area contributed by atoms with Gasteiger partial charge in [-0.05, 0) is 48.1 Å². The maximum absolute atomic E-state index is 12.9. The van der Waals surface area contributed by atoms with Crippen LogP contribution in [0.4, 0.5) is 0 Å². The molecule has 4 rings (SSSR count). The molecule has 1 aromatic heterocycles. The number of piperidine rings is 1. The second-order valence-corrected chi connectivity index (χ2v) is 8.75. The Morgan fingerprint density at radius 2 is 1.77 bits per heavy atom. The molecule has 1 fully saturated rings. The predicted molar refractivity (Wildman–Crippen MR) is 121 cm³/mol. The number of aromatic nitrogens is 2. The zero-order valence-corrected chi connectivity index (χ0v) is 18.3. The minimum atomic E-state index is -1.11. The molecule has 0 aliphatic carbocycles. The summed E-state index contributed by atoms with van der Waals surface area (Å²) < 4.78 is 1.33. The van der Waals surface area contributed by atoms with Gasteiger partial charge in [0.25, 0.3) is 5.56 Å². The number of likely N-dealkylation sites (tertiary alicyclic amines) is 1. The van der Waals surface area contributed by atoms with Gasteiger partial charge in [0.1, 0.15) is 0 Å². The molecule has 2 heterocycles. The second kappa shape index (κ2) is 8.81. The van der Waals surface area contributed by atoms with Gasteiger partial charge in [-0.3, -0.25) is 14.2 Å². The van der Waals surface area contributed by atoms with Crippen LogP contribution in [0.25, 0.3) is 10.9 Å². The van der Waals surface area contributed by atoms with Crippen molar-refractivity contribution in [3.05, 3.63) is 75.8 Å². The number of benzene rings is 2. The van der Waals surface area contributed by atoms with Crippen LogP contribution in [0.15, 0.2) is 59.4 Å². The maximum atomic E-state index is 12.9. The fourth-order valence-electron chi connectivity index (χ4n) is 4.19. The Hall–Kier alpha value is -2.70. The summed E-state index contributed by atoms with van der Waals surface area (Å²) in [4.78, 5) is 31.7. The lowest BCUT2D eigenvalue weighted by Crippen LogP contribution is -2.50. The number of carbonyl (C=O) groups excluding carboxylic acids is 1. The van der Waals surface area contributed by atoms with Crippen LogP contribution in [0.5, 0.6) is 0 Å². The molecule has 7 heteroatoms. The highest BCUT2D eigenvalue weighted by atomic mass is 35.5. The van der Waals surface area contributed by atoms with Gasteiger partial charge >= 0.3 is 0 Å². The first-order chi connectivity index (χ1) is 14.9. The third kappa shape index (κ3) is 4.65. The molecule has 6 nitrogen and oxygen atoms in total. The second-order valence-electron chi connectivity index (χ2n) is 8.41. The lowest BCUT2D eigenvalue weighted by atomic mass is 9.90. The highest BCUT2D eigenvalue weighted by molar-refractivity contribution is 6.28. The summed E-state index contributed by atoms with van der Waals surface area (Å²) in [5.74, 6) is 0.219. The van der Waals surface area contributed by atoms with Crippen LogP contribution >= 0.6 is 11.6 Å². The fourth-order valence-corrected chi connectivity index (χ4v) is 4.42. The third-order valence-electron chi connectivity index (χ3n) is 6.16. The van der Waals surface area contributed by atoms with Crippen LogP contribution in [0.1, 0.15) is 37.7 Å². The van der Waals surface area contributed by atoms with Crippen LogP contribution in [-0.2, 0) is 11.3 Å². The minimum Gasteiger partial charge on any atom is -0.388 e. The Balaban J connectivity index is 1.42. The van der Waals surface area contributed by atoms with Crippen molar-refractivity contribution < 1.29 is 9.90 Å². The quantitative estimate of drug-likeness (QED) is 0.616. The number of para-hydroxylation sites is 1. The van der Waals surface area contributed by atoms with Crippen molar-refractivity contribution in [3.63, 3.8) is 0 Å². The third-order valence-corrected chi connectivity index (χ3v) is 6.45. The molecule has 0 radical (unpaired) electrons. The van der Waals surface area contributed by atoms with E-state index >= 15 is 0 Å². The van der Waals surface area contributed by atoms with E-state index in [4.69, 9.17) is 11.6 Å². The Labute approximate surface area is 186 Å². The number of fused-ring (bicyclic) bond motifs is 1. The topological polar surface area (TPSA) is 75.4 Å². The van der Waals surface area contributed by atoms with E-state index in [-0.39, 0.29) is 29.2 Å². The zero-order valence-electron chi connectivity index (χ0n) is 17.5. The summed E-state index contributed by atoms with van der Waals surface area (Å²) in [7, 11) is 0. The number of halogens is 1. The summed E-state index contributed by atoms with van der Waals surface area (Å²) in [6.07, 6.45) is 1.20. The van der Waals surface area contributed by atoms with Gasteiger partial charge in [0.05, 0.1) is 23.0 Å². The molecule has 0 saturated carbocycles. The van der Waals surface area contributed by atoms with Crippen molar-refractivity contribution >= 4 is 28.4 Å². The lowest BCUT2D eigenvalue weighted by Gasteiger charge is -2.39. The van der Waals surface area contributed by atoms with Gasteiger partial charge in [-0.2, -0.15) is 0 Å². The van der Waals surface area contributed by atoms with Crippen LogP contribution in [0, 0.1) is 0 Å².